The number of sulfone groups is 2. The first-order valence-corrected chi connectivity index (χ1v) is 7.86. The van der Waals surface area contributed by atoms with E-state index in [1.54, 1.807) is 0 Å². The molecule has 0 amide bonds. The van der Waals surface area contributed by atoms with E-state index in [9.17, 15) is 16.8 Å². The summed E-state index contributed by atoms with van der Waals surface area (Å²) in [6.07, 6.45) is 2.09. The molecule has 13 heavy (non-hydrogen) atoms. The van der Waals surface area contributed by atoms with Crippen LogP contribution in [0.3, 0.4) is 0 Å². The van der Waals surface area contributed by atoms with Crippen molar-refractivity contribution in [2.24, 2.45) is 0 Å². The molecular formula is C6H8O4S3. The fraction of sp³-hybridized carbons (Fsp3) is 0.333. The highest BCUT2D eigenvalue weighted by molar-refractivity contribution is 7.93. The van der Waals surface area contributed by atoms with E-state index >= 15 is 0 Å². The lowest BCUT2D eigenvalue weighted by molar-refractivity contribution is 0.602. The van der Waals surface area contributed by atoms with Gasteiger partial charge in [-0.2, -0.15) is 0 Å². The monoisotopic (exact) mass is 240 g/mol. The van der Waals surface area contributed by atoms with Crippen LogP contribution in [0.15, 0.2) is 20.6 Å². The predicted octanol–water partition coefficient (Wildman–Crippen LogP) is 0.555. The van der Waals surface area contributed by atoms with Gasteiger partial charge in [0.1, 0.15) is 4.21 Å². The summed E-state index contributed by atoms with van der Waals surface area (Å²) in [6.45, 7) is 0. The second kappa shape index (κ2) is 3.07. The summed E-state index contributed by atoms with van der Waals surface area (Å²) in [5.74, 6) is 0. The maximum atomic E-state index is 11.0. The first-order chi connectivity index (χ1) is 5.71. The van der Waals surface area contributed by atoms with Crippen LogP contribution < -0.4 is 0 Å². The zero-order chi connectivity index (χ0) is 10.3. The van der Waals surface area contributed by atoms with Gasteiger partial charge in [-0.25, -0.2) is 16.8 Å². The third-order valence-electron chi connectivity index (χ3n) is 1.34. The SMILES string of the molecule is CS(=O)(=O)c1csc(S(C)(=O)=O)c1. The number of hydrogen-bond donors (Lipinski definition) is 0. The van der Waals surface area contributed by atoms with Gasteiger partial charge < -0.3 is 0 Å². The van der Waals surface area contributed by atoms with E-state index in [1.807, 2.05) is 0 Å². The maximum absolute atomic E-state index is 11.0. The van der Waals surface area contributed by atoms with Crippen LogP contribution in [0.5, 0.6) is 0 Å². The van der Waals surface area contributed by atoms with Crippen LogP contribution in [0.25, 0.3) is 0 Å². The minimum atomic E-state index is -3.30. The quantitative estimate of drug-likeness (QED) is 0.757. The average molecular weight is 240 g/mol. The fourth-order valence-corrected chi connectivity index (χ4v) is 3.69. The molecule has 0 radical (unpaired) electrons. The van der Waals surface area contributed by atoms with Crippen molar-refractivity contribution in [2.75, 3.05) is 12.5 Å². The Labute approximate surface area is 81.1 Å². The molecule has 0 atom stereocenters. The van der Waals surface area contributed by atoms with E-state index < -0.39 is 19.7 Å². The van der Waals surface area contributed by atoms with Crippen LogP contribution >= 0.6 is 11.3 Å². The molecule has 1 rings (SSSR count). The standard InChI is InChI=1S/C6H8O4S3/c1-12(7,8)5-3-6(11-4-5)13(2,9)10/h3-4H,1-2H3. The highest BCUT2D eigenvalue weighted by Gasteiger charge is 2.15. The molecule has 0 bridgehead atoms. The molecule has 0 aliphatic heterocycles. The topological polar surface area (TPSA) is 68.3 Å². The lowest BCUT2D eigenvalue weighted by atomic mass is 10.7. The summed E-state index contributed by atoms with van der Waals surface area (Å²) in [5, 5.41) is 1.33. The number of thiophene rings is 1. The Bertz CT molecular complexity index is 459. The van der Waals surface area contributed by atoms with Gasteiger partial charge in [-0.3, -0.25) is 0 Å². The predicted molar refractivity (Wildman–Crippen MR) is 50.5 cm³/mol. The van der Waals surface area contributed by atoms with E-state index in [4.69, 9.17) is 0 Å². The minimum Gasteiger partial charge on any atom is -0.224 e. The van der Waals surface area contributed by atoms with Crippen LogP contribution in [0, 0.1) is 0 Å². The molecule has 0 saturated heterocycles. The summed E-state index contributed by atoms with van der Waals surface area (Å²) in [7, 11) is -6.58. The van der Waals surface area contributed by atoms with Gasteiger partial charge in [0.15, 0.2) is 19.7 Å². The van der Waals surface area contributed by atoms with Gasteiger partial charge in [-0.1, -0.05) is 0 Å². The van der Waals surface area contributed by atoms with Crippen molar-refractivity contribution in [3.8, 4) is 0 Å². The Morgan fingerprint density at radius 3 is 1.85 bits per heavy atom. The molecule has 0 spiro atoms. The smallest absolute Gasteiger partial charge is 0.184 e. The van der Waals surface area contributed by atoms with Crippen LogP contribution in [-0.4, -0.2) is 29.3 Å². The summed E-state index contributed by atoms with van der Waals surface area (Å²) in [6, 6.07) is 1.18. The highest BCUT2D eigenvalue weighted by Crippen LogP contribution is 2.23. The molecule has 4 nitrogen and oxygen atoms in total. The van der Waals surface area contributed by atoms with Crippen molar-refractivity contribution in [2.45, 2.75) is 9.10 Å². The average Bonchev–Trinajstić information content (AvgIpc) is 2.28. The second-order valence-corrected chi connectivity index (χ2v) is 7.82. The van der Waals surface area contributed by atoms with Gasteiger partial charge in [-0.15, -0.1) is 11.3 Å². The van der Waals surface area contributed by atoms with E-state index in [-0.39, 0.29) is 9.10 Å². The van der Waals surface area contributed by atoms with Crippen molar-refractivity contribution >= 4 is 31.0 Å². The van der Waals surface area contributed by atoms with Crippen LogP contribution in [0.4, 0.5) is 0 Å². The molecule has 0 aliphatic rings. The van der Waals surface area contributed by atoms with Gasteiger partial charge in [0, 0.05) is 17.9 Å². The van der Waals surface area contributed by atoms with Crippen molar-refractivity contribution in [1.82, 2.24) is 0 Å². The number of rotatable bonds is 2. The van der Waals surface area contributed by atoms with Crippen LogP contribution in [0.1, 0.15) is 0 Å². The molecular weight excluding hydrogens is 232 g/mol. The van der Waals surface area contributed by atoms with E-state index in [1.165, 1.54) is 11.4 Å². The molecule has 74 valence electrons. The molecule has 1 heterocycles. The summed E-state index contributed by atoms with van der Waals surface area (Å²) < 4.78 is 44.0. The van der Waals surface area contributed by atoms with Crippen molar-refractivity contribution in [3.63, 3.8) is 0 Å². The Morgan fingerprint density at radius 1 is 1.08 bits per heavy atom. The summed E-state index contributed by atoms with van der Waals surface area (Å²) in [5.41, 5.74) is 0. The van der Waals surface area contributed by atoms with E-state index in [0.717, 1.165) is 23.8 Å². The first-order valence-electron chi connectivity index (χ1n) is 3.20. The van der Waals surface area contributed by atoms with Gasteiger partial charge in [-0.05, 0) is 6.07 Å². The lowest BCUT2D eigenvalue weighted by Crippen LogP contribution is -1.96. The van der Waals surface area contributed by atoms with E-state index in [2.05, 4.69) is 0 Å². The zero-order valence-corrected chi connectivity index (χ0v) is 9.46. The third kappa shape index (κ3) is 2.52. The third-order valence-corrected chi connectivity index (χ3v) is 5.35. The van der Waals surface area contributed by atoms with Gasteiger partial charge in [0.2, 0.25) is 0 Å². The highest BCUT2D eigenvalue weighted by atomic mass is 32.2. The molecule has 7 heteroatoms. The lowest BCUT2D eigenvalue weighted by Gasteiger charge is -1.90. The molecule has 0 unspecified atom stereocenters. The largest absolute Gasteiger partial charge is 0.224 e. The summed E-state index contributed by atoms with van der Waals surface area (Å²) in [4.78, 5) is 0.0536. The molecule has 0 aromatic carbocycles. The normalized spacial score (nSPS) is 13.1. The van der Waals surface area contributed by atoms with Crippen molar-refractivity contribution in [3.05, 3.63) is 11.4 Å². The Hall–Kier alpha value is -0.400. The minimum absolute atomic E-state index is 0.0536. The molecule has 1 aromatic heterocycles. The van der Waals surface area contributed by atoms with E-state index in [0.29, 0.717) is 0 Å². The maximum Gasteiger partial charge on any atom is 0.184 e. The molecule has 1 aromatic rings. The molecule has 0 saturated carbocycles. The van der Waals surface area contributed by atoms with Crippen molar-refractivity contribution < 1.29 is 16.8 Å². The second-order valence-electron chi connectivity index (χ2n) is 2.65. The molecule has 0 aliphatic carbocycles. The number of hydrogen-bond acceptors (Lipinski definition) is 5. The Kier molecular flexibility index (Phi) is 2.52. The van der Waals surface area contributed by atoms with Crippen LogP contribution in [-0.2, 0) is 19.7 Å². The van der Waals surface area contributed by atoms with Crippen LogP contribution in [0.2, 0.25) is 0 Å². The van der Waals surface area contributed by atoms with Gasteiger partial charge in [0.05, 0.1) is 4.90 Å². The molecule has 0 N–H and O–H groups in total. The van der Waals surface area contributed by atoms with Crippen molar-refractivity contribution in [1.29, 1.82) is 0 Å². The molecule has 0 fully saturated rings. The first kappa shape index (κ1) is 10.7. The Balaban J connectivity index is 3.32. The zero-order valence-electron chi connectivity index (χ0n) is 7.01. The summed E-state index contributed by atoms with van der Waals surface area (Å²) >= 11 is 0.916. The Morgan fingerprint density at radius 2 is 1.62 bits per heavy atom. The fourth-order valence-electron chi connectivity index (χ4n) is 0.689. The van der Waals surface area contributed by atoms with Gasteiger partial charge in [0.25, 0.3) is 0 Å². The van der Waals surface area contributed by atoms with Gasteiger partial charge >= 0.3 is 0 Å².